The minimum absolute atomic E-state index is 0.114. The van der Waals surface area contributed by atoms with E-state index in [0.717, 1.165) is 26.5 Å². The number of carbonyl (C=O) groups is 1. The average molecular weight is 462 g/mol. The molecule has 1 aliphatic carbocycles. The van der Waals surface area contributed by atoms with Crippen molar-refractivity contribution < 1.29 is 4.79 Å². The highest BCUT2D eigenvalue weighted by atomic mass is 79.9. The fourth-order valence-electron chi connectivity index (χ4n) is 3.35. The first-order valence-electron chi connectivity index (χ1n) is 8.54. The molecule has 0 saturated carbocycles. The number of carbonyl (C=O) groups excluding carboxylic acids is 1. The molecule has 0 fully saturated rings. The fourth-order valence-corrected chi connectivity index (χ4v) is 4.59. The maximum atomic E-state index is 12.4. The Hall–Kier alpha value is -1.19. The molecule has 0 spiro atoms. The van der Waals surface area contributed by atoms with Crippen LogP contribution in [0.5, 0.6) is 0 Å². The Bertz CT molecular complexity index is 843. The minimum Gasteiger partial charge on any atom is -0.295 e. The Morgan fingerprint density at radius 2 is 1.68 bits per heavy atom. The summed E-state index contributed by atoms with van der Waals surface area (Å²) in [5, 5.41) is 0. The maximum absolute atomic E-state index is 12.4. The standard InChI is InChI=1S/C22H22Br2O/c1-22(2,3)16-8-9-19(21(24)13-16)15-10-14(11-17(25)12-15)18-6-4-5-7-20(18)23/h4-9,11,13,15H,10,12H2,1-3H3. The van der Waals surface area contributed by atoms with Gasteiger partial charge in [0.25, 0.3) is 0 Å². The summed E-state index contributed by atoms with van der Waals surface area (Å²) in [7, 11) is 0. The van der Waals surface area contributed by atoms with E-state index in [1.54, 1.807) is 0 Å². The molecule has 0 aromatic heterocycles. The summed E-state index contributed by atoms with van der Waals surface area (Å²) < 4.78 is 2.14. The van der Waals surface area contributed by atoms with E-state index in [1.165, 1.54) is 11.1 Å². The van der Waals surface area contributed by atoms with Crippen molar-refractivity contribution >= 4 is 43.2 Å². The summed E-state index contributed by atoms with van der Waals surface area (Å²) in [5.41, 5.74) is 4.86. The van der Waals surface area contributed by atoms with Crippen LogP contribution in [0.3, 0.4) is 0 Å². The average Bonchev–Trinajstić information content (AvgIpc) is 2.53. The van der Waals surface area contributed by atoms with E-state index >= 15 is 0 Å². The number of allylic oxidation sites excluding steroid dienone is 2. The van der Waals surface area contributed by atoms with Gasteiger partial charge in [0.1, 0.15) is 0 Å². The van der Waals surface area contributed by atoms with Crippen molar-refractivity contribution in [2.45, 2.75) is 44.9 Å². The number of halogens is 2. The smallest absolute Gasteiger partial charge is 0.156 e. The third kappa shape index (κ3) is 4.15. The van der Waals surface area contributed by atoms with Gasteiger partial charge in [-0.15, -0.1) is 0 Å². The zero-order valence-corrected chi connectivity index (χ0v) is 17.9. The van der Waals surface area contributed by atoms with Crippen molar-refractivity contribution in [1.82, 2.24) is 0 Å². The number of benzene rings is 2. The van der Waals surface area contributed by atoms with Gasteiger partial charge in [-0.25, -0.2) is 0 Å². The van der Waals surface area contributed by atoms with Crippen LogP contribution < -0.4 is 0 Å². The van der Waals surface area contributed by atoms with Gasteiger partial charge < -0.3 is 0 Å². The lowest BCUT2D eigenvalue weighted by Gasteiger charge is -2.26. The van der Waals surface area contributed by atoms with Gasteiger partial charge in [0.2, 0.25) is 0 Å². The molecule has 3 rings (SSSR count). The first kappa shape index (κ1) is 18.6. The molecule has 0 saturated heterocycles. The predicted octanol–water partition coefficient (Wildman–Crippen LogP) is 7.04. The van der Waals surface area contributed by atoms with Crippen molar-refractivity contribution in [2.75, 3.05) is 0 Å². The molecule has 0 N–H and O–H groups in total. The van der Waals surface area contributed by atoms with Crippen LogP contribution in [-0.4, -0.2) is 5.78 Å². The quantitative estimate of drug-likeness (QED) is 0.468. The number of hydrogen-bond donors (Lipinski definition) is 0. The van der Waals surface area contributed by atoms with Crippen LogP contribution in [0.25, 0.3) is 5.57 Å². The Morgan fingerprint density at radius 3 is 2.32 bits per heavy atom. The zero-order chi connectivity index (χ0) is 18.2. The van der Waals surface area contributed by atoms with Gasteiger partial charge in [-0.05, 0) is 58.2 Å². The van der Waals surface area contributed by atoms with Crippen molar-refractivity contribution in [3.8, 4) is 0 Å². The minimum atomic E-state index is 0.114. The molecular weight excluding hydrogens is 440 g/mol. The molecule has 2 aromatic rings. The van der Waals surface area contributed by atoms with Crippen LogP contribution in [-0.2, 0) is 10.2 Å². The maximum Gasteiger partial charge on any atom is 0.156 e. The second-order valence-electron chi connectivity index (χ2n) is 7.71. The molecule has 25 heavy (non-hydrogen) atoms. The monoisotopic (exact) mass is 460 g/mol. The molecule has 0 radical (unpaired) electrons. The number of ketones is 1. The van der Waals surface area contributed by atoms with Crippen LogP contribution in [0.15, 0.2) is 57.5 Å². The summed E-state index contributed by atoms with van der Waals surface area (Å²) in [6.07, 6.45) is 3.26. The highest BCUT2D eigenvalue weighted by molar-refractivity contribution is 9.10. The van der Waals surface area contributed by atoms with Crippen molar-refractivity contribution in [3.05, 3.63) is 74.2 Å². The van der Waals surface area contributed by atoms with Gasteiger partial charge in [-0.1, -0.05) is 83.0 Å². The molecule has 1 atom stereocenters. The molecule has 0 aliphatic heterocycles. The normalized spacial score (nSPS) is 18.2. The van der Waals surface area contributed by atoms with E-state index in [-0.39, 0.29) is 17.1 Å². The second kappa shape index (κ2) is 7.20. The Labute approximate surface area is 166 Å². The van der Waals surface area contributed by atoms with Crippen LogP contribution in [0.2, 0.25) is 0 Å². The van der Waals surface area contributed by atoms with Crippen LogP contribution in [0, 0.1) is 0 Å². The molecule has 0 heterocycles. The van der Waals surface area contributed by atoms with Crippen molar-refractivity contribution in [2.24, 2.45) is 0 Å². The number of hydrogen-bond acceptors (Lipinski definition) is 1. The van der Waals surface area contributed by atoms with Gasteiger partial charge in [0.05, 0.1) is 0 Å². The van der Waals surface area contributed by atoms with E-state index < -0.39 is 0 Å². The summed E-state index contributed by atoms with van der Waals surface area (Å²) >= 11 is 7.36. The van der Waals surface area contributed by atoms with Gasteiger partial charge in [-0.3, -0.25) is 4.79 Å². The van der Waals surface area contributed by atoms with E-state index in [2.05, 4.69) is 76.9 Å². The molecule has 1 aliphatic rings. The van der Waals surface area contributed by atoms with E-state index in [4.69, 9.17) is 0 Å². The summed E-state index contributed by atoms with van der Waals surface area (Å²) in [6.45, 7) is 6.64. The molecule has 0 bridgehead atoms. The molecule has 1 nitrogen and oxygen atoms in total. The first-order valence-corrected chi connectivity index (χ1v) is 10.1. The van der Waals surface area contributed by atoms with Crippen LogP contribution in [0.1, 0.15) is 56.2 Å². The molecule has 0 amide bonds. The third-order valence-corrected chi connectivity index (χ3v) is 6.15. The second-order valence-corrected chi connectivity index (χ2v) is 9.42. The van der Waals surface area contributed by atoms with Gasteiger partial charge in [0.15, 0.2) is 5.78 Å². The lowest BCUT2D eigenvalue weighted by molar-refractivity contribution is -0.115. The Balaban J connectivity index is 1.94. The highest BCUT2D eigenvalue weighted by Crippen LogP contribution is 2.41. The van der Waals surface area contributed by atoms with Crippen LogP contribution in [0.4, 0.5) is 0 Å². The topological polar surface area (TPSA) is 17.1 Å². The predicted molar refractivity (Wildman–Crippen MR) is 112 cm³/mol. The molecular formula is C22H22Br2O. The lowest BCUT2D eigenvalue weighted by Crippen LogP contribution is -2.15. The van der Waals surface area contributed by atoms with E-state index in [9.17, 15) is 4.79 Å². The van der Waals surface area contributed by atoms with Gasteiger partial charge in [-0.2, -0.15) is 0 Å². The van der Waals surface area contributed by atoms with E-state index in [0.29, 0.717) is 6.42 Å². The molecule has 2 aromatic carbocycles. The van der Waals surface area contributed by atoms with E-state index in [1.807, 2.05) is 24.3 Å². The summed E-state index contributed by atoms with van der Waals surface area (Å²) in [4.78, 5) is 12.4. The van der Waals surface area contributed by atoms with Crippen LogP contribution >= 0.6 is 31.9 Å². The van der Waals surface area contributed by atoms with Crippen molar-refractivity contribution in [3.63, 3.8) is 0 Å². The lowest BCUT2D eigenvalue weighted by atomic mass is 9.79. The number of rotatable bonds is 2. The third-order valence-electron chi connectivity index (χ3n) is 4.78. The van der Waals surface area contributed by atoms with Gasteiger partial charge in [0, 0.05) is 15.4 Å². The highest BCUT2D eigenvalue weighted by Gasteiger charge is 2.26. The molecule has 1 unspecified atom stereocenters. The Morgan fingerprint density at radius 1 is 0.960 bits per heavy atom. The molecule has 3 heteroatoms. The Kier molecular flexibility index (Phi) is 5.36. The largest absolute Gasteiger partial charge is 0.295 e. The molecule has 130 valence electrons. The SMILES string of the molecule is CC(C)(C)c1ccc(C2CC(=O)C=C(c3ccccc3Br)C2)c(Br)c1. The summed E-state index contributed by atoms with van der Waals surface area (Å²) in [6, 6.07) is 14.7. The van der Waals surface area contributed by atoms with Crippen molar-refractivity contribution in [1.29, 1.82) is 0 Å². The zero-order valence-electron chi connectivity index (χ0n) is 14.8. The summed E-state index contributed by atoms with van der Waals surface area (Å²) in [5.74, 6) is 0.414. The van der Waals surface area contributed by atoms with Gasteiger partial charge >= 0.3 is 0 Å². The first-order chi connectivity index (χ1) is 11.8. The fraction of sp³-hybridized carbons (Fsp3) is 0.318.